The second-order valence-corrected chi connectivity index (χ2v) is 8.38. The number of nitrogens with zero attached hydrogens (tertiary/aromatic N) is 1. The fourth-order valence-corrected chi connectivity index (χ4v) is 4.41. The molecule has 1 saturated heterocycles. The Morgan fingerprint density at radius 3 is 2.25 bits per heavy atom. The van der Waals surface area contributed by atoms with Crippen molar-refractivity contribution in [1.82, 2.24) is 10.6 Å². The largest absolute Gasteiger partial charge is 0.356 e. The monoisotopic (exact) mass is 411 g/mol. The lowest BCUT2D eigenvalue weighted by Crippen LogP contribution is -2.46. The summed E-state index contributed by atoms with van der Waals surface area (Å²) >= 11 is 2.09. The first kappa shape index (κ1) is 18.4. The van der Waals surface area contributed by atoms with Crippen molar-refractivity contribution >= 4 is 41.7 Å². The minimum atomic E-state index is 0. The van der Waals surface area contributed by atoms with Gasteiger partial charge in [-0.15, -0.1) is 24.0 Å². The number of hydrogen-bond acceptors (Lipinski definition) is 2. The lowest BCUT2D eigenvalue weighted by molar-refractivity contribution is 0.334. The molecule has 2 rings (SSSR count). The van der Waals surface area contributed by atoms with Crippen LogP contribution in [0.4, 0.5) is 0 Å². The molecular formula is C15H30IN3S. The number of rotatable bonds is 4. The Hall–Kier alpha value is 0.350. The first-order chi connectivity index (χ1) is 9.05. The SMILES string of the molecule is CN=C(NCC1(C)CCCC1)NCC1(C)CCCS1.I. The molecule has 1 heterocycles. The Kier molecular flexibility index (Phi) is 7.46. The topological polar surface area (TPSA) is 36.4 Å². The summed E-state index contributed by atoms with van der Waals surface area (Å²) in [4.78, 5) is 4.36. The number of hydrogen-bond donors (Lipinski definition) is 2. The summed E-state index contributed by atoms with van der Waals surface area (Å²) in [6.07, 6.45) is 8.15. The number of thioether (sulfide) groups is 1. The van der Waals surface area contributed by atoms with Gasteiger partial charge in [-0.3, -0.25) is 4.99 Å². The van der Waals surface area contributed by atoms with E-state index in [9.17, 15) is 0 Å². The predicted molar refractivity (Wildman–Crippen MR) is 101 cm³/mol. The summed E-state index contributed by atoms with van der Waals surface area (Å²) < 4.78 is 0.398. The molecular weight excluding hydrogens is 381 g/mol. The van der Waals surface area contributed by atoms with Crippen LogP contribution in [0.5, 0.6) is 0 Å². The molecule has 0 radical (unpaired) electrons. The van der Waals surface area contributed by atoms with Gasteiger partial charge >= 0.3 is 0 Å². The summed E-state index contributed by atoms with van der Waals surface area (Å²) in [7, 11) is 1.87. The van der Waals surface area contributed by atoms with E-state index >= 15 is 0 Å². The molecule has 3 nitrogen and oxygen atoms in total. The molecule has 0 bridgehead atoms. The minimum absolute atomic E-state index is 0. The van der Waals surface area contributed by atoms with Crippen LogP contribution in [0.1, 0.15) is 52.4 Å². The van der Waals surface area contributed by atoms with Crippen molar-refractivity contribution in [3.8, 4) is 0 Å². The maximum Gasteiger partial charge on any atom is 0.191 e. The zero-order valence-corrected chi connectivity index (χ0v) is 16.3. The van der Waals surface area contributed by atoms with Crippen LogP contribution in [0.3, 0.4) is 0 Å². The van der Waals surface area contributed by atoms with Crippen molar-refractivity contribution in [2.24, 2.45) is 10.4 Å². The number of halogens is 1. The Labute approximate surface area is 145 Å². The molecule has 5 heteroatoms. The minimum Gasteiger partial charge on any atom is -0.356 e. The Morgan fingerprint density at radius 2 is 1.70 bits per heavy atom. The van der Waals surface area contributed by atoms with Gasteiger partial charge in [-0.05, 0) is 43.8 Å². The molecule has 2 fully saturated rings. The van der Waals surface area contributed by atoms with E-state index in [1.54, 1.807) is 0 Å². The normalized spacial score (nSPS) is 29.1. The summed E-state index contributed by atoms with van der Waals surface area (Å²) in [5, 5.41) is 7.03. The second-order valence-electron chi connectivity index (χ2n) is 6.70. The van der Waals surface area contributed by atoms with Gasteiger partial charge in [0.05, 0.1) is 0 Å². The van der Waals surface area contributed by atoms with Crippen LogP contribution in [-0.4, -0.2) is 36.6 Å². The maximum atomic E-state index is 4.36. The van der Waals surface area contributed by atoms with Crippen molar-refractivity contribution in [1.29, 1.82) is 0 Å². The highest BCUT2D eigenvalue weighted by Crippen LogP contribution is 2.37. The van der Waals surface area contributed by atoms with Crippen molar-refractivity contribution in [3.05, 3.63) is 0 Å². The molecule has 0 amide bonds. The molecule has 20 heavy (non-hydrogen) atoms. The quantitative estimate of drug-likeness (QED) is 0.421. The first-order valence-corrected chi connectivity index (χ1v) is 8.62. The molecule has 1 saturated carbocycles. The number of aliphatic imine (C=N–C) groups is 1. The van der Waals surface area contributed by atoms with Crippen LogP contribution in [0, 0.1) is 5.41 Å². The van der Waals surface area contributed by atoms with Gasteiger partial charge < -0.3 is 10.6 Å². The Bertz CT molecular complexity index is 293. The fraction of sp³-hybridized carbons (Fsp3) is 0.933. The van der Waals surface area contributed by atoms with Crippen molar-refractivity contribution < 1.29 is 0 Å². The molecule has 0 aromatic carbocycles. The molecule has 0 aromatic rings. The summed E-state index contributed by atoms with van der Waals surface area (Å²) in [5.41, 5.74) is 0.476. The van der Waals surface area contributed by atoms with E-state index in [2.05, 4.69) is 41.2 Å². The van der Waals surface area contributed by atoms with Gasteiger partial charge in [-0.25, -0.2) is 0 Å². The third kappa shape index (κ3) is 5.28. The van der Waals surface area contributed by atoms with E-state index in [1.807, 2.05) is 7.05 Å². The zero-order valence-electron chi connectivity index (χ0n) is 13.1. The van der Waals surface area contributed by atoms with E-state index < -0.39 is 0 Å². The smallest absolute Gasteiger partial charge is 0.191 e. The molecule has 1 unspecified atom stereocenters. The van der Waals surface area contributed by atoms with E-state index in [-0.39, 0.29) is 24.0 Å². The van der Waals surface area contributed by atoms with Gasteiger partial charge in [0.15, 0.2) is 5.96 Å². The van der Waals surface area contributed by atoms with Crippen LogP contribution in [0.2, 0.25) is 0 Å². The zero-order chi connectivity index (χ0) is 13.8. The molecule has 2 N–H and O–H groups in total. The van der Waals surface area contributed by atoms with Crippen molar-refractivity contribution in [2.75, 3.05) is 25.9 Å². The standard InChI is InChI=1S/C15H29N3S.HI/c1-14(7-4-5-8-14)11-17-13(16-3)18-12-15(2)9-6-10-19-15;/h4-12H2,1-3H3,(H2,16,17,18);1H. The molecule has 118 valence electrons. The molecule has 0 spiro atoms. The summed E-state index contributed by atoms with van der Waals surface area (Å²) in [5.74, 6) is 2.28. The van der Waals surface area contributed by atoms with Crippen molar-refractivity contribution in [2.45, 2.75) is 57.1 Å². The van der Waals surface area contributed by atoms with E-state index in [4.69, 9.17) is 0 Å². The van der Waals surface area contributed by atoms with Crippen LogP contribution >= 0.6 is 35.7 Å². The van der Waals surface area contributed by atoms with Crippen molar-refractivity contribution in [3.63, 3.8) is 0 Å². The van der Waals surface area contributed by atoms with Crippen LogP contribution in [0.15, 0.2) is 4.99 Å². The highest BCUT2D eigenvalue weighted by molar-refractivity contribution is 14.0. The van der Waals surface area contributed by atoms with E-state index in [1.165, 1.54) is 44.3 Å². The van der Waals surface area contributed by atoms with Gasteiger partial charge in [0, 0.05) is 24.9 Å². The maximum absolute atomic E-state index is 4.36. The highest BCUT2D eigenvalue weighted by atomic mass is 127. The Morgan fingerprint density at radius 1 is 1.05 bits per heavy atom. The average molecular weight is 411 g/mol. The first-order valence-electron chi connectivity index (χ1n) is 7.64. The predicted octanol–water partition coefficient (Wildman–Crippen LogP) is 3.64. The lowest BCUT2D eigenvalue weighted by atomic mass is 9.89. The molecule has 1 aliphatic carbocycles. The van der Waals surface area contributed by atoms with E-state index in [0.29, 0.717) is 10.2 Å². The van der Waals surface area contributed by atoms with Gasteiger partial charge in [0.1, 0.15) is 0 Å². The lowest BCUT2D eigenvalue weighted by Gasteiger charge is -2.27. The molecule has 1 atom stereocenters. The fourth-order valence-electron chi connectivity index (χ4n) is 3.17. The second kappa shape index (κ2) is 8.11. The number of nitrogens with one attached hydrogen (secondary N) is 2. The van der Waals surface area contributed by atoms with Crippen LogP contribution in [0.25, 0.3) is 0 Å². The van der Waals surface area contributed by atoms with Crippen LogP contribution in [-0.2, 0) is 0 Å². The van der Waals surface area contributed by atoms with Gasteiger partial charge in [-0.2, -0.15) is 11.8 Å². The molecule has 0 aromatic heterocycles. The highest BCUT2D eigenvalue weighted by Gasteiger charge is 2.30. The van der Waals surface area contributed by atoms with E-state index in [0.717, 1.165) is 19.0 Å². The summed E-state index contributed by atoms with van der Waals surface area (Å²) in [6, 6.07) is 0. The molecule has 1 aliphatic heterocycles. The third-order valence-electron chi connectivity index (χ3n) is 4.65. The van der Waals surface area contributed by atoms with Gasteiger partial charge in [-0.1, -0.05) is 19.8 Å². The molecule has 2 aliphatic rings. The van der Waals surface area contributed by atoms with Crippen LogP contribution < -0.4 is 10.6 Å². The number of guanidine groups is 1. The average Bonchev–Trinajstić information content (AvgIpc) is 3.00. The Balaban J connectivity index is 0.00000200. The third-order valence-corrected chi connectivity index (χ3v) is 6.19. The van der Waals surface area contributed by atoms with Gasteiger partial charge in [0.2, 0.25) is 0 Å². The summed E-state index contributed by atoms with van der Waals surface area (Å²) in [6.45, 7) is 6.84. The van der Waals surface area contributed by atoms with Gasteiger partial charge in [0.25, 0.3) is 0 Å².